The summed E-state index contributed by atoms with van der Waals surface area (Å²) in [5.41, 5.74) is 7.05. The van der Waals surface area contributed by atoms with Crippen molar-refractivity contribution in [1.82, 2.24) is 8.96 Å². The van der Waals surface area contributed by atoms with Crippen LogP contribution in [0.2, 0.25) is 0 Å². The maximum atomic E-state index is 14.3. The molecule has 4 aromatic rings. The van der Waals surface area contributed by atoms with Crippen LogP contribution in [-0.4, -0.2) is 17.4 Å². The summed E-state index contributed by atoms with van der Waals surface area (Å²) >= 11 is 0. The molecule has 2 aromatic carbocycles. The summed E-state index contributed by atoms with van der Waals surface area (Å²) in [6, 6.07) is 15.8. The van der Waals surface area contributed by atoms with E-state index in [-0.39, 0.29) is 10.5 Å². The molecule has 0 atom stereocenters. The molecule has 0 fully saturated rings. The second kappa shape index (κ2) is 5.96. The maximum Gasteiger partial charge on any atom is 0.269 e. The Morgan fingerprint density at radius 2 is 1.73 bits per heavy atom. The molecule has 0 saturated heterocycles. The number of halogens is 1. The Kier molecular flexibility index (Phi) is 3.73. The Labute approximate surface area is 149 Å². The number of nitrogens with two attached hydrogens (primary N) is 1. The Hall–Kier alpha value is -3.19. The van der Waals surface area contributed by atoms with Gasteiger partial charge in [0.2, 0.25) is 0 Å². The third kappa shape index (κ3) is 2.53. The molecule has 5 nitrogen and oxygen atoms in total. The number of fused-ring (bicyclic) bond motifs is 1. The molecule has 130 valence electrons. The number of aromatic nitrogens is 2. The Balaban J connectivity index is 1.94. The minimum atomic E-state index is -3.80. The zero-order valence-corrected chi connectivity index (χ0v) is 14.3. The molecule has 0 amide bonds. The normalized spacial score (nSPS) is 11.7. The van der Waals surface area contributed by atoms with Crippen LogP contribution in [0, 0.1) is 5.82 Å². The highest BCUT2D eigenvalue weighted by Gasteiger charge is 2.21. The molecule has 0 aliphatic rings. The van der Waals surface area contributed by atoms with Gasteiger partial charge in [0.25, 0.3) is 10.0 Å². The monoisotopic (exact) mass is 367 g/mol. The van der Waals surface area contributed by atoms with Gasteiger partial charge in [0, 0.05) is 29.0 Å². The number of nitrogens with zero attached hydrogens (tertiary/aromatic N) is 2. The fourth-order valence-corrected chi connectivity index (χ4v) is 4.22. The summed E-state index contributed by atoms with van der Waals surface area (Å²) in [5, 5.41) is 0.538. The van der Waals surface area contributed by atoms with Crippen molar-refractivity contribution in [2.75, 3.05) is 5.73 Å². The van der Waals surface area contributed by atoms with Crippen LogP contribution in [-0.2, 0) is 10.0 Å². The third-order valence-electron chi connectivity index (χ3n) is 4.14. The largest absolute Gasteiger partial charge is 0.399 e. The lowest BCUT2D eigenvalue weighted by molar-refractivity contribution is 0.589. The lowest BCUT2D eigenvalue weighted by Gasteiger charge is -2.09. The number of pyridine rings is 1. The van der Waals surface area contributed by atoms with Crippen molar-refractivity contribution in [3.8, 4) is 11.1 Å². The Morgan fingerprint density at radius 3 is 2.46 bits per heavy atom. The molecule has 26 heavy (non-hydrogen) atoms. The van der Waals surface area contributed by atoms with E-state index in [1.54, 1.807) is 42.5 Å². The van der Waals surface area contributed by atoms with Gasteiger partial charge in [-0.3, -0.25) is 0 Å². The molecule has 0 aliphatic heterocycles. The molecule has 2 aromatic heterocycles. The van der Waals surface area contributed by atoms with Gasteiger partial charge < -0.3 is 5.73 Å². The van der Waals surface area contributed by atoms with Gasteiger partial charge in [0.05, 0.1) is 4.90 Å². The van der Waals surface area contributed by atoms with Crippen molar-refractivity contribution >= 4 is 26.7 Å². The molecular formula is C19H14FN3O2S. The first-order chi connectivity index (χ1) is 12.5. The lowest BCUT2D eigenvalue weighted by Crippen LogP contribution is -2.12. The Bertz CT molecular complexity index is 1220. The van der Waals surface area contributed by atoms with Crippen LogP contribution in [0.1, 0.15) is 0 Å². The van der Waals surface area contributed by atoms with Gasteiger partial charge in [-0.25, -0.2) is 21.8 Å². The zero-order chi connectivity index (χ0) is 18.3. The van der Waals surface area contributed by atoms with Gasteiger partial charge in [-0.2, -0.15) is 0 Å². The predicted molar refractivity (Wildman–Crippen MR) is 98.6 cm³/mol. The summed E-state index contributed by atoms with van der Waals surface area (Å²) in [6.45, 7) is 0. The molecule has 2 N–H and O–H groups in total. The summed E-state index contributed by atoms with van der Waals surface area (Å²) in [6.07, 6.45) is 2.89. The molecule has 0 bridgehead atoms. The molecule has 7 heteroatoms. The standard InChI is InChI=1S/C19H14FN3O2S/c20-18-12-13(21)6-7-16(18)15-8-10-22-19-17(15)9-11-23(19)26(24,25)14-4-2-1-3-5-14/h1-12H,21H2. The first kappa shape index (κ1) is 16.3. The number of nitrogen functional groups attached to an aromatic ring is 1. The van der Waals surface area contributed by atoms with E-state index in [1.807, 2.05) is 0 Å². The van der Waals surface area contributed by atoms with Crippen LogP contribution in [0.3, 0.4) is 0 Å². The van der Waals surface area contributed by atoms with Crippen molar-refractivity contribution in [1.29, 1.82) is 0 Å². The van der Waals surface area contributed by atoms with E-state index < -0.39 is 15.8 Å². The SMILES string of the molecule is Nc1ccc(-c2ccnc3c2ccn3S(=O)(=O)c2ccccc2)c(F)c1. The van der Waals surface area contributed by atoms with Crippen LogP contribution >= 0.6 is 0 Å². The van der Waals surface area contributed by atoms with Crippen LogP contribution < -0.4 is 5.73 Å². The van der Waals surface area contributed by atoms with Gasteiger partial charge in [-0.05, 0) is 48.0 Å². The van der Waals surface area contributed by atoms with Gasteiger partial charge >= 0.3 is 0 Å². The first-order valence-electron chi connectivity index (χ1n) is 7.80. The summed E-state index contributed by atoms with van der Waals surface area (Å²) < 4.78 is 41.3. The van der Waals surface area contributed by atoms with E-state index in [0.29, 0.717) is 22.2 Å². The highest BCUT2D eigenvalue weighted by atomic mass is 32.2. The van der Waals surface area contributed by atoms with E-state index in [0.717, 1.165) is 3.97 Å². The van der Waals surface area contributed by atoms with Gasteiger partial charge in [-0.15, -0.1) is 0 Å². The fourth-order valence-electron chi connectivity index (χ4n) is 2.90. The van der Waals surface area contributed by atoms with Crippen molar-refractivity contribution < 1.29 is 12.8 Å². The van der Waals surface area contributed by atoms with Crippen LogP contribution in [0.5, 0.6) is 0 Å². The molecule has 4 rings (SSSR count). The summed E-state index contributed by atoms with van der Waals surface area (Å²) in [5.74, 6) is -0.476. The van der Waals surface area contributed by atoms with Crippen LogP contribution in [0.15, 0.2) is 78.0 Å². The fraction of sp³-hybridized carbons (Fsp3) is 0. The lowest BCUT2D eigenvalue weighted by atomic mass is 10.0. The topological polar surface area (TPSA) is 78.0 Å². The number of anilines is 1. The summed E-state index contributed by atoms with van der Waals surface area (Å²) in [4.78, 5) is 4.36. The van der Waals surface area contributed by atoms with Gasteiger partial charge in [0.15, 0.2) is 5.65 Å². The molecule has 0 saturated carbocycles. The number of benzene rings is 2. The molecular weight excluding hydrogens is 353 g/mol. The predicted octanol–water partition coefficient (Wildman–Crippen LogP) is 3.66. The molecule has 0 unspecified atom stereocenters. The number of rotatable bonds is 3. The average molecular weight is 367 g/mol. The molecule has 0 aliphatic carbocycles. The first-order valence-corrected chi connectivity index (χ1v) is 9.24. The highest BCUT2D eigenvalue weighted by molar-refractivity contribution is 7.90. The van der Waals surface area contributed by atoms with E-state index in [2.05, 4.69) is 4.98 Å². The van der Waals surface area contributed by atoms with Crippen molar-refractivity contribution in [3.05, 3.63) is 78.9 Å². The maximum absolute atomic E-state index is 14.3. The van der Waals surface area contributed by atoms with E-state index in [9.17, 15) is 12.8 Å². The number of hydrogen-bond acceptors (Lipinski definition) is 4. The quantitative estimate of drug-likeness (QED) is 0.561. The molecule has 0 radical (unpaired) electrons. The van der Waals surface area contributed by atoms with Crippen LogP contribution in [0.25, 0.3) is 22.2 Å². The number of hydrogen-bond donors (Lipinski definition) is 1. The van der Waals surface area contributed by atoms with Gasteiger partial charge in [0.1, 0.15) is 5.82 Å². The highest BCUT2D eigenvalue weighted by Crippen LogP contribution is 2.32. The zero-order valence-electron chi connectivity index (χ0n) is 13.5. The summed E-state index contributed by atoms with van der Waals surface area (Å²) in [7, 11) is -3.80. The van der Waals surface area contributed by atoms with Crippen LogP contribution in [0.4, 0.5) is 10.1 Å². The van der Waals surface area contributed by atoms with E-state index in [1.165, 1.54) is 30.6 Å². The second-order valence-electron chi connectivity index (χ2n) is 5.76. The second-order valence-corrected chi connectivity index (χ2v) is 7.58. The van der Waals surface area contributed by atoms with Gasteiger partial charge in [-0.1, -0.05) is 18.2 Å². The van der Waals surface area contributed by atoms with E-state index >= 15 is 0 Å². The average Bonchev–Trinajstić information content (AvgIpc) is 3.08. The minimum absolute atomic E-state index is 0.156. The van der Waals surface area contributed by atoms with Crippen molar-refractivity contribution in [3.63, 3.8) is 0 Å². The third-order valence-corrected chi connectivity index (χ3v) is 5.82. The molecule has 2 heterocycles. The Morgan fingerprint density at radius 1 is 0.962 bits per heavy atom. The van der Waals surface area contributed by atoms with Crippen molar-refractivity contribution in [2.24, 2.45) is 0 Å². The minimum Gasteiger partial charge on any atom is -0.399 e. The smallest absolute Gasteiger partial charge is 0.269 e. The molecule has 0 spiro atoms. The van der Waals surface area contributed by atoms with E-state index in [4.69, 9.17) is 5.73 Å². The van der Waals surface area contributed by atoms with Crippen molar-refractivity contribution in [2.45, 2.75) is 4.90 Å².